The van der Waals surface area contributed by atoms with Crippen molar-refractivity contribution in [3.8, 4) is 0 Å². The number of fused-ring (bicyclic) bond motifs is 1. The normalized spacial score (nSPS) is 21.3. The zero-order valence-corrected chi connectivity index (χ0v) is 17.7. The smallest absolute Gasteiger partial charge is 0.228 e. The molecular formula is C19H22ClN7OS. The Bertz CT molecular complexity index is 1050. The molecule has 3 aromatic heterocycles. The molecule has 10 heteroatoms. The molecule has 2 fully saturated rings. The lowest BCUT2D eigenvalue weighted by atomic mass is 9.75. The third kappa shape index (κ3) is 3.26. The number of nitrogens with zero attached hydrogens (tertiary/aromatic N) is 6. The average molecular weight is 432 g/mol. The molecule has 0 bridgehead atoms. The van der Waals surface area contributed by atoms with E-state index in [0.717, 1.165) is 59.6 Å². The SMILES string of the molecule is Cc1nccc(Sc2cnc(N3CCC4(CC3)COCC4N)n3ncnc23)c1Cl. The Morgan fingerprint density at radius 2 is 2.07 bits per heavy atom. The van der Waals surface area contributed by atoms with Gasteiger partial charge in [-0.15, -0.1) is 0 Å². The lowest BCUT2D eigenvalue weighted by Crippen LogP contribution is -2.49. The summed E-state index contributed by atoms with van der Waals surface area (Å²) in [7, 11) is 0. The molecule has 5 heterocycles. The summed E-state index contributed by atoms with van der Waals surface area (Å²) in [6.07, 6.45) is 7.16. The standard InChI is InChI=1S/C19H22ClN7OS/c1-12-16(20)13(2-5-22-12)29-14-8-23-18(27-17(14)24-11-25-27)26-6-3-19(4-7-26)10-28-9-15(19)21/h2,5,8,11,15H,3-4,6-7,9-10,21H2,1H3. The van der Waals surface area contributed by atoms with Crippen molar-refractivity contribution in [1.82, 2.24) is 24.6 Å². The van der Waals surface area contributed by atoms with Crippen molar-refractivity contribution < 1.29 is 4.74 Å². The molecule has 3 aromatic rings. The van der Waals surface area contributed by atoms with Crippen LogP contribution in [0.3, 0.4) is 0 Å². The number of nitrogens with two attached hydrogens (primary N) is 1. The second-order valence-corrected chi connectivity index (χ2v) is 9.16. The van der Waals surface area contributed by atoms with Crippen LogP contribution < -0.4 is 10.6 Å². The first-order valence-corrected chi connectivity index (χ1v) is 10.8. The Hall–Kier alpha value is -1.94. The number of hydrogen-bond acceptors (Lipinski definition) is 8. The first kappa shape index (κ1) is 19.0. The van der Waals surface area contributed by atoms with Crippen molar-refractivity contribution >= 4 is 35.0 Å². The Balaban J connectivity index is 1.42. The molecule has 0 amide bonds. The minimum Gasteiger partial charge on any atom is -0.379 e. The van der Waals surface area contributed by atoms with Gasteiger partial charge in [-0.3, -0.25) is 4.98 Å². The van der Waals surface area contributed by atoms with Gasteiger partial charge in [-0.1, -0.05) is 23.4 Å². The highest BCUT2D eigenvalue weighted by Gasteiger charge is 2.44. The van der Waals surface area contributed by atoms with E-state index < -0.39 is 0 Å². The summed E-state index contributed by atoms with van der Waals surface area (Å²) in [6, 6.07) is 2.02. The molecule has 8 nitrogen and oxygen atoms in total. The highest BCUT2D eigenvalue weighted by Crippen LogP contribution is 2.40. The monoisotopic (exact) mass is 431 g/mol. The van der Waals surface area contributed by atoms with E-state index in [1.54, 1.807) is 12.5 Å². The van der Waals surface area contributed by atoms with Gasteiger partial charge in [0.2, 0.25) is 5.95 Å². The summed E-state index contributed by atoms with van der Waals surface area (Å²) in [6.45, 7) is 5.07. The summed E-state index contributed by atoms with van der Waals surface area (Å²) in [5.74, 6) is 0.807. The third-order valence-electron chi connectivity index (χ3n) is 6.02. The molecular weight excluding hydrogens is 410 g/mol. The van der Waals surface area contributed by atoms with Gasteiger partial charge in [-0.25, -0.2) is 9.97 Å². The van der Waals surface area contributed by atoms with Crippen molar-refractivity contribution in [3.63, 3.8) is 0 Å². The highest BCUT2D eigenvalue weighted by molar-refractivity contribution is 7.99. The quantitative estimate of drug-likeness (QED) is 0.676. The number of pyridine rings is 1. The first-order chi connectivity index (χ1) is 14.1. The summed E-state index contributed by atoms with van der Waals surface area (Å²) in [4.78, 5) is 17.5. The highest BCUT2D eigenvalue weighted by atomic mass is 35.5. The maximum absolute atomic E-state index is 6.42. The van der Waals surface area contributed by atoms with E-state index in [0.29, 0.717) is 11.6 Å². The lowest BCUT2D eigenvalue weighted by Gasteiger charge is -2.40. The molecule has 152 valence electrons. The van der Waals surface area contributed by atoms with Crippen LogP contribution in [-0.2, 0) is 4.74 Å². The Morgan fingerprint density at radius 1 is 1.24 bits per heavy atom. The number of anilines is 1. The molecule has 0 radical (unpaired) electrons. The number of ether oxygens (including phenoxy) is 1. The molecule has 2 saturated heterocycles. The van der Waals surface area contributed by atoms with Crippen LogP contribution in [0.4, 0.5) is 5.95 Å². The number of halogens is 1. The van der Waals surface area contributed by atoms with Gasteiger partial charge >= 0.3 is 0 Å². The van der Waals surface area contributed by atoms with Crippen LogP contribution >= 0.6 is 23.4 Å². The third-order valence-corrected chi connectivity index (χ3v) is 7.68. The summed E-state index contributed by atoms with van der Waals surface area (Å²) < 4.78 is 7.45. The summed E-state index contributed by atoms with van der Waals surface area (Å²) >= 11 is 7.94. The maximum Gasteiger partial charge on any atom is 0.228 e. The fourth-order valence-corrected chi connectivity index (χ4v) is 5.30. The molecule has 1 unspecified atom stereocenters. The fourth-order valence-electron chi connectivity index (χ4n) is 4.13. The van der Waals surface area contributed by atoms with Crippen molar-refractivity contribution in [2.45, 2.75) is 35.6 Å². The fraction of sp³-hybridized carbons (Fsp3) is 0.474. The molecule has 5 rings (SSSR count). The minimum atomic E-state index is 0.101. The number of rotatable bonds is 3. The van der Waals surface area contributed by atoms with Crippen LogP contribution in [-0.4, -0.2) is 56.9 Å². The largest absolute Gasteiger partial charge is 0.379 e. The van der Waals surface area contributed by atoms with Gasteiger partial charge in [0.05, 0.1) is 28.8 Å². The Morgan fingerprint density at radius 3 is 2.83 bits per heavy atom. The van der Waals surface area contributed by atoms with E-state index in [1.165, 1.54) is 11.8 Å². The minimum absolute atomic E-state index is 0.101. The zero-order chi connectivity index (χ0) is 20.0. The van der Waals surface area contributed by atoms with Crippen molar-refractivity contribution in [2.24, 2.45) is 11.1 Å². The molecule has 0 aromatic carbocycles. The molecule has 2 N–H and O–H groups in total. The Labute approximate surface area is 177 Å². The van der Waals surface area contributed by atoms with Crippen LogP contribution in [0.5, 0.6) is 0 Å². The second kappa shape index (κ2) is 7.39. The molecule has 0 aliphatic carbocycles. The molecule has 2 aliphatic heterocycles. The van der Waals surface area contributed by atoms with Gasteiger partial charge in [0, 0.05) is 41.8 Å². The van der Waals surface area contributed by atoms with Crippen molar-refractivity contribution in [2.75, 3.05) is 31.2 Å². The van der Waals surface area contributed by atoms with Crippen LogP contribution in [0.1, 0.15) is 18.5 Å². The second-order valence-electron chi connectivity index (χ2n) is 7.70. The zero-order valence-electron chi connectivity index (χ0n) is 16.1. The first-order valence-electron chi connectivity index (χ1n) is 9.63. The van der Waals surface area contributed by atoms with Crippen molar-refractivity contribution in [1.29, 1.82) is 0 Å². The van der Waals surface area contributed by atoms with Crippen LogP contribution in [0, 0.1) is 12.3 Å². The van der Waals surface area contributed by atoms with Crippen LogP contribution in [0.25, 0.3) is 5.65 Å². The number of aromatic nitrogens is 5. The topological polar surface area (TPSA) is 94.5 Å². The van der Waals surface area contributed by atoms with E-state index in [-0.39, 0.29) is 11.5 Å². The van der Waals surface area contributed by atoms with E-state index >= 15 is 0 Å². The van der Waals surface area contributed by atoms with Gasteiger partial charge in [-0.2, -0.15) is 9.61 Å². The van der Waals surface area contributed by atoms with Gasteiger partial charge in [0.15, 0.2) is 5.65 Å². The van der Waals surface area contributed by atoms with Crippen LogP contribution in [0.15, 0.2) is 34.6 Å². The van der Waals surface area contributed by atoms with E-state index in [9.17, 15) is 0 Å². The van der Waals surface area contributed by atoms with E-state index in [4.69, 9.17) is 27.1 Å². The number of hydrogen-bond donors (Lipinski definition) is 1. The van der Waals surface area contributed by atoms with Gasteiger partial charge in [0.1, 0.15) is 6.33 Å². The summed E-state index contributed by atoms with van der Waals surface area (Å²) in [5, 5.41) is 5.08. The average Bonchev–Trinajstić information content (AvgIpc) is 3.35. The molecule has 29 heavy (non-hydrogen) atoms. The predicted molar refractivity (Wildman–Crippen MR) is 112 cm³/mol. The van der Waals surface area contributed by atoms with Crippen LogP contribution in [0.2, 0.25) is 5.02 Å². The van der Waals surface area contributed by atoms with E-state index in [1.807, 2.05) is 23.7 Å². The van der Waals surface area contributed by atoms with Gasteiger partial charge in [0.25, 0.3) is 0 Å². The Kier molecular flexibility index (Phi) is 4.85. The van der Waals surface area contributed by atoms with Gasteiger partial charge < -0.3 is 15.4 Å². The number of piperidine rings is 1. The number of aryl methyl sites for hydroxylation is 1. The molecule has 1 atom stereocenters. The molecule has 1 spiro atoms. The molecule has 2 aliphatic rings. The maximum atomic E-state index is 6.42. The van der Waals surface area contributed by atoms with Gasteiger partial charge in [-0.05, 0) is 25.8 Å². The van der Waals surface area contributed by atoms with E-state index in [2.05, 4.69) is 20.0 Å². The lowest BCUT2D eigenvalue weighted by molar-refractivity contribution is 0.131. The van der Waals surface area contributed by atoms with Crippen molar-refractivity contribution in [3.05, 3.63) is 35.5 Å². The molecule has 0 saturated carbocycles. The summed E-state index contributed by atoms with van der Waals surface area (Å²) in [5.41, 5.74) is 7.99. The predicted octanol–water partition coefficient (Wildman–Crippen LogP) is 2.58.